The van der Waals surface area contributed by atoms with Gasteiger partial charge in [-0.3, -0.25) is 19.5 Å². The number of carbonyl (C=O) groups excluding carboxylic acids is 2. The molecular weight excluding hydrogens is 436 g/mol. The Morgan fingerprint density at radius 3 is 2.09 bits per heavy atom. The second-order valence-corrected chi connectivity index (χ2v) is 8.96. The van der Waals surface area contributed by atoms with Crippen LogP contribution in [0.4, 0.5) is 5.95 Å². The van der Waals surface area contributed by atoms with E-state index < -0.39 is 0 Å². The third-order valence-electron chi connectivity index (χ3n) is 5.84. The number of hydrogen-bond donors (Lipinski definition) is 1. The molecule has 4 aromatic rings. The number of amides is 2. The zero-order valence-corrected chi connectivity index (χ0v) is 20.5. The Morgan fingerprint density at radius 2 is 1.49 bits per heavy atom. The van der Waals surface area contributed by atoms with Crippen molar-refractivity contribution in [2.24, 2.45) is 0 Å². The number of rotatable bonds is 7. The van der Waals surface area contributed by atoms with Gasteiger partial charge in [0.2, 0.25) is 11.9 Å². The maximum Gasteiger partial charge on any atom is 0.254 e. The first-order valence-corrected chi connectivity index (χ1v) is 11.7. The van der Waals surface area contributed by atoms with Crippen LogP contribution in [0.25, 0.3) is 16.9 Å². The number of nitrogens with zero attached hydrogens (tertiary/aromatic N) is 3. The number of carbonyl (C=O) groups is 2. The minimum atomic E-state index is -0.308. The van der Waals surface area contributed by atoms with E-state index in [2.05, 4.69) is 5.32 Å². The van der Waals surface area contributed by atoms with Gasteiger partial charge in [0.05, 0.1) is 5.69 Å². The van der Waals surface area contributed by atoms with Gasteiger partial charge in [-0.1, -0.05) is 65.7 Å². The van der Waals surface area contributed by atoms with Gasteiger partial charge in [-0.05, 0) is 52.0 Å². The lowest BCUT2D eigenvalue weighted by Crippen LogP contribution is -2.42. The van der Waals surface area contributed by atoms with Crippen LogP contribution in [0.5, 0.6) is 0 Å². The number of benzene rings is 3. The highest BCUT2D eigenvalue weighted by molar-refractivity contribution is 5.99. The largest absolute Gasteiger partial charge is 0.327 e. The molecule has 1 heterocycles. The summed E-state index contributed by atoms with van der Waals surface area (Å²) in [6.07, 6.45) is 1.91. The Bertz CT molecular complexity index is 1310. The average molecular weight is 467 g/mol. The Morgan fingerprint density at radius 1 is 0.886 bits per heavy atom. The molecule has 6 heteroatoms. The zero-order valence-electron chi connectivity index (χ0n) is 20.5. The second kappa shape index (κ2) is 10.4. The van der Waals surface area contributed by atoms with Crippen LogP contribution < -0.4 is 5.32 Å². The Kier molecular flexibility index (Phi) is 7.11. The smallest absolute Gasteiger partial charge is 0.254 e. The first kappa shape index (κ1) is 24.0. The molecule has 35 heavy (non-hydrogen) atoms. The van der Waals surface area contributed by atoms with Gasteiger partial charge >= 0.3 is 0 Å². The molecule has 0 atom stereocenters. The lowest BCUT2D eigenvalue weighted by molar-refractivity contribution is -0.117. The number of anilines is 1. The van der Waals surface area contributed by atoms with E-state index in [1.165, 1.54) is 0 Å². The van der Waals surface area contributed by atoms with Crippen molar-refractivity contribution < 1.29 is 9.59 Å². The van der Waals surface area contributed by atoms with E-state index in [9.17, 15) is 9.59 Å². The molecule has 0 saturated carbocycles. The van der Waals surface area contributed by atoms with Crippen LogP contribution in [-0.2, 0) is 4.79 Å². The van der Waals surface area contributed by atoms with Crippen molar-refractivity contribution in [2.75, 3.05) is 11.9 Å². The van der Waals surface area contributed by atoms with Crippen LogP contribution in [0.15, 0.2) is 85.1 Å². The summed E-state index contributed by atoms with van der Waals surface area (Å²) >= 11 is 0. The number of aryl methyl sites for hydroxylation is 2. The maximum absolute atomic E-state index is 13.1. The van der Waals surface area contributed by atoms with E-state index in [4.69, 9.17) is 4.98 Å². The van der Waals surface area contributed by atoms with Gasteiger partial charge in [0.1, 0.15) is 6.54 Å². The van der Waals surface area contributed by atoms with Gasteiger partial charge in [-0.25, -0.2) is 4.98 Å². The number of nitrogens with one attached hydrogen (secondary N) is 1. The molecule has 0 radical (unpaired) electrons. The summed E-state index contributed by atoms with van der Waals surface area (Å²) < 4.78 is 1.86. The standard InChI is InChI=1S/C29H30N4O2/c1-20(2)32(28(35)24-14-10-21(3)11-15-24)19-27(34)31-29-30-26(23-8-6-5-7-9-23)18-33(29)25-16-12-22(4)13-17-25/h5-18,20H,19H2,1-4H3,(H,30,31,34). The van der Waals surface area contributed by atoms with Gasteiger partial charge in [0.15, 0.2) is 0 Å². The molecule has 3 aromatic carbocycles. The first-order valence-electron chi connectivity index (χ1n) is 11.7. The highest BCUT2D eigenvalue weighted by Crippen LogP contribution is 2.24. The SMILES string of the molecule is Cc1ccc(C(=O)N(CC(=O)Nc2nc(-c3ccccc3)cn2-c2ccc(C)cc2)C(C)C)cc1. The molecule has 0 saturated heterocycles. The molecule has 0 bridgehead atoms. The van der Waals surface area contributed by atoms with Crippen LogP contribution in [0.1, 0.15) is 35.3 Å². The fourth-order valence-electron chi connectivity index (χ4n) is 3.79. The minimum Gasteiger partial charge on any atom is -0.327 e. The predicted octanol–water partition coefficient (Wildman–Crippen LogP) is 5.65. The molecule has 0 spiro atoms. The summed E-state index contributed by atoms with van der Waals surface area (Å²) in [5, 5.41) is 2.93. The molecule has 4 rings (SSSR count). The third-order valence-corrected chi connectivity index (χ3v) is 5.84. The Labute approximate surface area is 206 Å². The van der Waals surface area contributed by atoms with Gasteiger partial charge in [0, 0.05) is 29.1 Å². The van der Waals surface area contributed by atoms with E-state index in [0.717, 1.165) is 28.1 Å². The summed E-state index contributed by atoms with van der Waals surface area (Å²) in [5.74, 6) is -0.0797. The normalized spacial score (nSPS) is 10.9. The number of aromatic nitrogens is 2. The lowest BCUT2D eigenvalue weighted by atomic mass is 10.1. The van der Waals surface area contributed by atoms with Crippen molar-refractivity contribution in [1.29, 1.82) is 0 Å². The van der Waals surface area contributed by atoms with E-state index in [0.29, 0.717) is 11.5 Å². The average Bonchev–Trinajstić information content (AvgIpc) is 3.27. The molecule has 0 aliphatic rings. The topological polar surface area (TPSA) is 67.2 Å². The lowest BCUT2D eigenvalue weighted by Gasteiger charge is -2.26. The summed E-state index contributed by atoms with van der Waals surface area (Å²) in [6, 6.07) is 25.1. The van der Waals surface area contributed by atoms with Crippen molar-refractivity contribution in [3.05, 3.63) is 102 Å². The molecule has 0 unspecified atom stereocenters. The van der Waals surface area contributed by atoms with E-state index in [-0.39, 0.29) is 24.4 Å². The van der Waals surface area contributed by atoms with Crippen molar-refractivity contribution in [2.45, 2.75) is 33.7 Å². The molecule has 0 aliphatic heterocycles. The van der Waals surface area contributed by atoms with Gasteiger partial charge in [-0.2, -0.15) is 0 Å². The Balaban J connectivity index is 1.60. The minimum absolute atomic E-state index is 0.0776. The second-order valence-electron chi connectivity index (χ2n) is 8.96. The van der Waals surface area contributed by atoms with Gasteiger partial charge in [-0.15, -0.1) is 0 Å². The van der Waals surface area contributed by atoms with E-state index in [1.54, 1.807) is 17.0 Å². The van der Waals surface area contributed by atoms with Crippen molar-refractivity contribution in [3.63, 3.8) is 0 Å². The van der Waals surface area contributed by atoms with Crippen LogP contribution >= 0.6 is 0 Å². The molecule has 178 valence electrons. The molecule has 6 nitrogen and oxygen atoms in total. The third kappa shape index (κ3) is 5.66. The van der Waals surface area contributed by atoms with Crippen molar-refractivity contribution in [1.82, 2.24) is 14.5 Å². The van der Waals surface area contributed by atoms with Crippen LogP contribution in [0, 0.1) is 13.8 Å². The fourth-order valence-corrected chi connectivity index (χ4v) is 3.79. The summed E-state index contributed by atoms with van der Waals surface area (Å²) in [4.78, 5) is 32.5. The number of imidazole rings is 1. The van der Waals surface area contributed by atoms with Gasteiger partial charge < -0.3 is 4.90 Å². The van der Waals surface area contributed by atoms with Gasteiger partial charge in [0.25, 0.3) is 5.91 Å². The van der Waals surface area contributed by atoms with Crippen LogP contribution in [0.3, 0.4) is 0 Å². The van der Waals surface area contributed by atoms with Crippen molar-refractivity contribution in [3.8, 4) is 16.9 Å². The molecule has 0 aliphatic carbocycles. The highest BCUT2D eigenvalue weighted by atomic mass is 16.2. The van der Waals surface area contributed by atoms with Crippen LogP contribution in [0.2, 0.25) is 0 Å². The quantitative estimate of drug-likeness (QED) is 0.383. The predicted molar refractivity (Wildman–Crippen MR) is 140 cm³/mol. The molecule has 1 aromatic heterocycles. The molecular formula is C29H30N4O2. The highest BCUT2D eigenvalue weighted by Gasteiger charge is 2.23. The monoisotopic (exact) mass is 466 g/mol. The zero-order chi connectivity index (χ0) is 24.9. The molecule has 0 fully saturated rings. The number of hydrogen-bond acceptors (Lipinski definition) is 3. The molecule has 2 amide bonds. The fraction of sp³-hybridized carbons (Fsp3) is 0.207. The van der Waals surface area contributed by atoms with Crippen LogP contribution in [-0.4, -0.2) is 38.9 Å². The molecule has 1 N–H and O–H groups in total. The summed E-state index contributed by atoms with van der Waals surface area (Å²) in [7, 11) is 0. The maximum atomic E-state index is 13.1. The summed E-state index contributed by atoms with van der Waals surface area (Å²) in [5.41, 5.74) is 5.37. The first-order chi connectivity index (χ1) is 16.8. The Hall–Kier alpha value is -4.19. The summed E-state index contributed by atoms with van der Waals surface area (Å²) in [6.45, 7) is 7.73. The van der Waals surface area contributed by atoms with Crippen molar-refractivity contribution >= 4 is 17.8 Å². The van der Waals surface area contributed by atoms with E-state index in [1.807, 2.05) is 105 Å². The van der Waals surface area contributed by atoms with E-state index >= 15 is 0 Å².